The summed E-state index contributed by atoms with van der Waals surface area (Å²) in [6.45, 7) is 0.556. The summed E-state index contributed by atoms with van der Waals surface area (Å²) in [7, 11) is 0. The molecule has 0 aliphatic carbocycles. The first-order valence-corrected chi connectivity index (χ1v) is 10.9. The van der Waals surface area contributed by atoms with Gasteiger partial charge < -0.3 is 19.7 Å². The Morgan fingerprint density at radius 3 is 2.54 bits per heavy atom. The van der Waals surface area contributed by atoms with Crippen LogP contribution in [0.4, 0.5) is 20.6 Å². The van der Waals surface area contributed by atoms with E-state index in [1.54, 1.807) is 48.9 Å². The van der Waals surface area contributed by atoms with E-state index >= 15 is 0 Å². The number of halogens is 2. The van der Waals surface area contributed by atoms with Gasteiger partial charge in [0.2, 0.25) is 5.82 Å². The van der Waals surface area contributed by atoms with Crippen LogP contribution in [0, 0.1) is 5.82 Å². The van der Waals surface area contributed by atoms with Crippen molar-refractivity contribution >= 4 is 29.0 Å². The molecule has 0 spiro atoms. The Hall–Kier alpha value is -4.50. The molecule has 2 heterocycles. The van der Waals surface area contributed by atoms with E-state index < -0.39 is 0 Å². The summed E-state index contributed by atoms with van der Waals surface area (Å²) in [5, 5.41) is 10.0. The van der Waals surface area contributed by atoms with Gasteiger partial charge in [-0.1, -0.05) is 35.0 Å². The van der Waals surface area contributed by atoms with Crippen LogP contribution in [-0.2, 0) is 6.54 Å². The van der Waals surface area contributed by atoms with Crippen LogP contribution in [0.15, 0.2) is 89.8 Å². The van der Waals surface area contributed by atoms with E-state index in [1.165, 1.54) is 12.1 Å². The minimum atomic E-state index is -0.362. The zero-order valence-corrected chi connectivity index (χ0v) is 18.9. The Bertz CT molecular complexity index is 1460. The van der Waals surface area contributed by atoms with Crippen LogP contribution >= 0.6 is 11.6 Å². The molecule has 0 atom stereocenters. The summed E-state index contributed by atoms with van der Waals surface area (Å²) in [4.78, 5) is 20.9. The summed E-state index contributed by atoms with van der Waals surface area (Å²) in [5.74, 6) is 0.297. The summed E-state index contributed by atoms with van der Waals surface area (Å²) in [6.07, 6.45) is 3.47. The highest BCUT2D eigenvalue weighted by atomic mass is 35.5. The average molecular weight is 489 g/mol. The largest absolute Gasteiger partial charge is 0.332 e. The second kappa shape index (κ2) is 9.78. The van der Waals surface area contributed by atoms with Gasteiger partial charge >= 0.3 is 6.03 Å². The maximum absolute atomic E-state index is 13.1. The van der Waals surface area contributed by atoms with Gasteiger partial charge in [-0.05, 0) is 60.2 Å². The number of anilines is 2. The summed E-state index contributed by atoms with van der Waals surface area (Å²) in [6, 6.07) is 19.9. The van der Waals surface area contributed by atoms with Crippen molar-refractivity contribution in [3.8, 4) is 23.0 Å². The summed E-state index contributed by atoms with van der Waals surface area (Å²) < 4.78 is 20.3. The first kappa shape index (κ1) is 22.3. The number of carbonyl (C=O) groups is 1. The molecule has 5 rings (SSSR count). The molecule has 5 aromatic rings. The molecule has 35 heavy (non-hydrogen) atoms. The van der Waals surface area contributed by atoms with Crippen LogP contribution in [0.2, 0.25) is 5.02 Å². The number of imidazole rings is 1. The highest BCUT2D eigenvalue weighted by molar-refractivity contribution is 6.30. The van der Waals surface area contributed by atoms with Gasteiger partial charge in [-0.25, -0.2) is 14.2 Å². The lowest BCUT2D eigenvalue weighted by Gasteiger charge is -2.09. The number of rotatable bonds is 6. The molecule has 10 heteroatoms. The first-order valence-electron chi connectivity index (χ1n) is 10.6. The molecule has 3 aromatic carbocycles. The smallest absolute Gasteiger partial charge is 0.323 e. The average Bonchev–Trinajstić information content (AvgIpc) is 3.51. The number of nitrogens with one attached hydrogen (secondary N) is 2. The molecule has 0 aliphatic heterocycles. The highest BCUT2D eigenvalue weighted by Crippen LogP contribution is 2.22. The lowest BCUT2D eigenvalue weighted by Crippen LogP contribution is -2.19. The van der Waals surface area contributed by atoms with E-state index in [4.69, 9.17) is 16.1 Å². The number of aromatic nitrogens is 4. The molecule has 2 aromatic heterocycles. The third-order valence-electron chi connectivity index (χ3n) is 5.04. The fourth-order valence-electron chi connectivity index (χ4n) is 3.36. The van der Waals surface area contributed by atoms with Crippen molar-refractivity contribution in [2.45, 2.75) is 6.54 Å². The minimum Gasteiger partial charge on any atom is -0.332 e. The zero-order valence-electron chi connectivity index (χ0n) is 18.2. The van der Waals surface area contributed by atoms with Gasteiger partial charge in [-0.2, -0.15) is 4.98 Å². The van der Waals surface area contributed by atoms with E-state index in [1.807, 2.05) is 28.8 Å². The molecular formula is C25H18ClFN6O2. The molecule has 0 bridgehead atoms. The first-order chi connectivity index (χ1) is 17.0. The van der Waals surface area contributed by atoms with Crippen molar-refractivity contribution in [2.24, 2.45) is 0 Å². The van der Waals surface area contributed by atoms with Crippen molar-refractivity contribution in [3.63, 3.8) is 0 Å². The number of amides is 2. The number of carbonyl (C=O) groups excluding carboxylic acids is 1. The zero-order chi connectivity index (χ0) is 24.2. The van der Waals surface area contributed by atoms with E-state index in [-0.39, 0.29) is 17.7 Å². The molecule has 8 nitrogen and oxygen atoms in total. The summed E-state index contributed by atoms with van der Waals surface area (Å²) in [5.41, 5.74) is 3.44. The second-order valence-electron chi connectivity index (χ2n) is 7.65. The Morgan fingerprint density at radius 2 is 1.77 bits per heavy atom. The Labute approximate surface area is 204 Å². The number of hydrogen-bond donors (Lipinski definition) is 2. The minimum absolute atomic E-state index is 0.272. The topological polar surface area (TPSA) is 97.9 Å². The van der Waals surface area contributed by atoms with Gasteiger partial charge in [0.25, 0.3) is 5.89 Å². The number of hydrogen-bond acceptors (Lipinski definition) is 5. The molecule has 2 N–H and O–H groups in total. The van der Waals surface area contributed by atoms with Crippen LogP contribution in [0.5, 0.6) is 0 Å². The molecule has 0 unspecified atom stereocenters. The maximum atomic E-state index is 13.1. The quantitative estimate of drug-likeness (QED) is 0.301. The fourth-order valence-corrected chi connectivity index (χ4v) is 3.56. The SMILES string of the molecule is O=C(Nc1ccc(Cn2cnc(-c3nc(-c4ccc(F)cc4)no3)c2)cc1)Nc1cccc(Cl)c1. The van der Waals surface area contributed by atoms with Gasteiger partial charge in [-0.15, -0.1) is 0 Å². The van der Waals surface area contributed by atoms with E-state index in [0.29, 0.717) is 40.0 Å². The van der Waals surface area contributed by atoms with Crippen LogP contribution < -0.4 is 10.6 Å². The van der Waals surface area contributed by atoms with Gasteiger partial charge in [0.15, 0.2) is 0 Å². The van der Waals surface area contributed by atoms with E-state index in [9.17, 15) is 9.18 Å². The van der Waals surface area contributed by atoms with Crippen molar-refractivity contribution in [3.05, 3.63) is 102 Å². The van der Waals surface area contributed by atoms with Crippen molar-refractivity contribution in [2.75, 3.05) is 10.6 Å². The van der Waals surface area contributed by atoms with Gasteiger partial charge in [0, 0.05) is 34.7 Å². The van der Waals surface area contributed by atoms with Crippen LogP contribution in [0.1, 0.15) is 5.56 Å². The number of benzene rings is 3. The van der Waals surface area contributed by atoms with Crippen LogP contribution in [-0.4, -0.2) is 25.7 Å². The molecule has 0 saturated carbocycles. The van der Waals surface area contributed by atoms with Crippen LogP contribution in [0.25, 0.3) is 23.0 Å². The molecule has 0 radical (unpaired) electrons. The third kappa shape index (κ3) is 5.53. The highest BCUT2D eigenvalue weighted by Gasteiger charge is 2.13. The predicted octanol–water partition coefficient (Wildman–Crippen LogP) is 6.08. The van der Waals surface area contributed by atoms with E-state index in [0.717, 1.165) is 5.56 Å². The second-order valence-corrected chi connectivity index (χ2v) is 8.08. The van der Waals surface area contributed by atoms with Gasteiger partial charge in [0.05, 0.1) is 6.33 Å². The Morgan fingerprint density at radius 1 is 1.00 bits per heavy atom. The lowest BCUT2D eigenvalue weighted by atomic mass is 10.2. The molecule has 0 aliphatic rings. The molecule has 174 valence electrons. The van der Waals surface area contributed by atoms with Gasteiger partial charge in [-0.3, -0.25) is 0 Å². The molecule has 0 saturated heterocycles. The number of urea groups is 1. The fraction of sp³-hybridized carbons (Fsp3) is 0.0400. The van der Waals surface area contributed by atoms with Crippen molar-refractivity contribution in [1.29, 1.82) is 0 Å². The van der Waals surface area contributed by atoms with E-state index in [2.05, 4.69) is 25.8 Å². The lowest BCUT2D eigenvalue weighted by molar-refractivity contribution is 0.262. The van der Waals surface area contributed by atoms with Crippen molar-refractivity contribution in [1.82, 2.24) is 19.7 Å². The Kier molecular flexibility index (Phi) is 6.23. The van der Waals surface area contributed by atoms with Crippen molar-refractivity contribution < 1.29 is 13.7 Å². The maximum Gasteiger partial charge on any atom is 0.323 e. The van der Waals surface area contributed by atoms with Gasteiger partial charge in [0.1, 0.15) is 11.5 Å². The summed E-state index contributed by atoms with van der Waals surface area (Å²) >= 11 is 5.94. The normalized spacial score (nSPS) is 10.8. The monoisotopic (exact) mass is 488 g/mol. The van der Waals surface area contributed by atoms with Crippen LogP contribution in [0.3, 0.4) is 0 Å². The molecule has 2 amide bonds. The Balaban J connectivity index is 1.20. The number of nitrogens with zero attached hydrogens (tertiary/aromatic N) is 4. The third-order valence-corrected chi connectivity index (χ3v) is 5.28. The molecular weight excluding hydrogens is 471 g/mol. The molecule has 0 fully saturated rings. The standard InChI is InChI=1S/C25H18ClFN6O2/c26-18-2-1-3-21(12-18)30-25(34)29-20-10-4-16(5-11-20)13-33-14-22(28-15-33)24-31-23(32-35-24)17-6-8-19(27)9-7-17/h1-12,14-15H,13H2,(H2,29,30,34). The predicted molar refractivity (Wildman–Crippen MR) is 131 cm³/mol.